The maximum atomic E-state index is 13.6. The molecule has 0 fully saturated rings. The SMILES string of the molecule is CCS(=O)(=O)c1ccc2cc1CNC(=O)[C@H](Nc1cccc(C(N)=O)c1)c1ccc(cc1)CCN(C)C(=O)N2. The van der Waals surface area contributed by atoms with Gasteiger partial charge >= 0.3 is 6.03 Å². The minimum absolute atomic E-state index is 0.0841. The van der Waals surface area contributed by atoms with Crippen molar-refractivity contribution in [2.24, 2.45) is 5.73 Å². The number of urea groups is 1. The molecule has 2 heterocycles. The van der Waals surface area contributed by atoms with E-state index in [1.54, 1.807) is 49.2 Å². The Morgan fingerprint density at radius 2 is 1.82 bits per heavy atom. The summed E-state index contributed by atoms with van der Waals surface area (Å²) >= 11 is 0. The van der Waals surface area contributed by atoms with E-state index in [0.717, 1.165) is 5.56 Å². The van der Waals surface area contributed by atoms with Crippen LogP contribution < -0.4 is 21.7 Å². The predicted octanol–water partition coefficient (Wildman–Crippen LogP) is 3.07. The zero-order valence-corrected chi connectivity index (χ0v) is 22.5. The van der Waals surface area contributed by atoms with Gasteiger partial charge in [0.15, 0.2) is 9.84 Å². The van der Waals surface area contributed by atoms with Gasteiger partial charge < -0.3 is 26.6 Å². The van der Waals surface area contributed by atoms with Crippen LogP contribution in [0.3, 0.4) is 0 Å². The molecule has 0 saturated carbocycles. The van der Waals surface area contributed by atoms with Gasteiger partial charge in [-0.3, -0.25) is 9.59 Å². The van der Waals surface area contributed by atoms with Crippen LogP contribution in [0.2, 0.25) is 0 Å². The number of fused-ring (bicyclic) bond motifs is 9. The van der Waals surface area contributed by atoms with Gasteiger partial charge in [-0.2, -0.15) is 0 Å². The minimum atomic E-state index is -3.60. The van der Waals surface area contributed by atoms with Gasteiger partial charge in [0.25, 0.3) is 0 Å². The summed E-state index contributed by atoms with van der Waals surface area (Å²) in [5.74, 6) is -1.12. The number of nitrogens with zero attached hydrogens (tertiary/aromatic N) is 1. The molecule has 39 heavy (non-hydrogen) atoms. The first-order valence-corrected chi connectivity index (χ1v) is 14.1. The van der Waals surface area contributed by atoms with Gasteiger partial charge in [0.1, 0.15) is 6.04 Å². The van der Waals surface area contributed by atoms with Crippen molar-refractivity contribution in [1.29, 1.82) is 0 Å². The number of likely N-dealkylation sites (N-methyl/N-ethyl adjacent to an activating group) is 1. The minimum Gasteiger partial charge on any atom is -0.370 e. The molecular weight excluding hydrogens is 518 g/mol. The molecule has 2 aliphatic rings. The maximum absolute atomic E-state index is 13.6. The fourth-order valence-electron chi connectivity index (χ4n) is 4.26. The van der Waals surface area contributed by atoms with Gasteiger partial charge in [-0.15, -0.1) is 0 Å². The third-order valence-corrected chi connectivity index (χ3v) is 8.42. The number of primary amides is 1. The van der Waals surface area contributed by atoms with E-state index in [4.69, 9.17) is 5.73 Å². The number of carbonyl (C=O) groups is 3. The molecule has 0 radical (unpaired) electrons. The number of nitrogens with two attached hydrogens (primary N) is 1. The zero-order valence-electron chi connectivity index (χ0n) is 21.7. The molecule has 3 aromatic rings. The van der Waals surface area contributed by atoms with Crippen LogP contribution in [0.4, 0.5) is 16.2 Å². The van der Waals surface area contributed by atoms with Crippen molar-refractivity contribution in [1.82, 2.24) is 10.2 Å². The van der Waals surface area contributed by atoms with E-state index in [1.807, 2.05) is 24.3 Å². The molecule has 0 unspecified atom stereocenters. The van der Waals surface area contributed by atoms with Crippen LogP contribution in [-0.4, -0.2) is 50.5 Å². The second kappa shape index (κ2) is 11.6. The van der Waals surface area contributed by atoms with E-state index < -0.39 is 27.7 Å². The van der Waals surface area contributed by atoms with E-state index in [2.05, 4.69) is 16.0 Å². The summed E-state index contributed by atoms with van der Waals surface area (Å²) in [7, 11) is -1.92. The molecule has 4 bridgehead atoms. The van der Waals surface area contributed by atoms with Crippen molar-refractivity contribution < 1.29 is 22.8 Å². The van der Waals surface area contributed by atoms with E-state index in [9.17, 15) is 22.8 Å². The number of carbonyl (C=O) groups excluding carboxylic acids is 3. The molecule has 0 spiro atoms. The van der Waals surface area contributed by atoms with Crippen molar-refractivity contribution in [3.8, 4) is 0 Å². The number of benzene rings is 3. The predicted molar refractivity (Wildman–Crippen MR) is 149 cm³/mol. The standard InChI is InChI=1S/C28H31N5O5S/c1-3-39(37,38)24-12-11-23-16-21(24)17-30-27(35)25(31-22-6-4-5-20(15-22)26(29)34)19-9-7-18(8-10-19)13-14-33(2)28(36)32-23/h4-12,15-16,25,31H,3,13-14,17H2,1-2H3,(H2,29,34)(H,30,35)(H,32,36)/t25-/m1/s1. The van der Waals surface area contributed by atoms with Crippen LogP contribution in [0, 0.1) is 0 Å². The molecule has 5 rings (SSSR count). The summed E-state index contributed by atoms with van der Waals surface area (Å²) in [5, 5.41) is 8.82. The molecule has 4 amide bonds. The van der Waals surface area contributed by atoms with Crippen LogP contribution in [-0.2, 0) is 27.6 Å². The molecule has 2 aliphatic heterocycles. The Morgan fingerprint density at radius 3 is 2.51 bits per heavy atom. The van der Waals surface area contributed by atoms with Gasteiger partial charge in [-0.25, -0.2) is 13.2 Å². The molecule has 5 N–H and O–H groups in total. The molecule has 0 aromatic heterocycles. The van der Waals surface area contributed by atoms with Crippen LogP contribution in [0.1, 0.15) is 40.0 Å². The number of nitrogens with one attached hydrogen (secondary N) is 3. The molecule has 11 heteroatoms. The summed E-state index contributed by atoms with van der Waals surface area (Å²) in [6.07, 6.45) is 0.591. The average molecular weight is 550 g/mol. The highest BCUT2D eigenvalue weighted by molar-refractivity contribution is 7.91. The second-order valence-electron chi connectivity index (χ2n) is 9.31. The monoisotopic (exact) mass is 549 g/mol. The first-order chi connectivity index (χ1) is 18.6. The Balaban J connectivity index is 1.74. The van der Waals surface area contributed by atoms with E-state index in [0.29, 0.717) is 41.0 Å². The van der Waals surface area contributed by atoms with Crippen molar-refractivity contribution >= 4 is 39.1 Å². The number of anilines is 2. The summed E-state index contributed by atoms with van der Waals surface area (Å²) < 4.78 is 25.6. The number of amides is 4. The number of sulfone groups is 1. The second-order valence-corrected chi connectivity index (χ2v) is 11.6. The molecule has 10 nitrogen and oxygen atoms in total. The van der Waals surface area contributed by atoms with Gasteiger partial charge in [-0.05, 0) is 59.5 Å². The molecule has 0 aliphatic carbocycles. The van der Waals surface area contributed by atoms with E-state index in [1.165, 1.54) is 12.1 Å². The normalized spacial score (nSPS) is 16.4. The fraction of sp³-hybridized carbons (Fsp3) is 0.250. The molecule has 3 aromatic carbocycles. The highest BCUT2D eigenvalue weighted by Crippen LogP contribution is 2.25. The number of rotatable bonds is 5. The van der Waals surface area contributed by atoms with Crippen LogP contribution in [0.15, 0.2) is 71.6 Å². The van der Waals surface area contributed by atoms with Crippen molar-refractivity contribution in [3.05, 3.63) is 89.0 Å². The first kappa shape index (κ1) is 27.6. The van der Waals surface area contributed by atoms with Crippen molar-refractivity contribution in [3.63, 3.8) is 0 Å². The van der Waals surface area contributed by atoms with Crippen LogP contribution in [0.25, 0.3) is 0 Å². The molecule has 0 saturated heterocycles. The lowest BCUT2D eigenvalue weighted by Gasteiger charge is -2.23. The Labute approximate surface area is 227 Å². The highest BCUT2D eigenvalue weighted by Gasteiger charge is 2.24. The zero-order chi connectivity index (χ0) is 28.2. The van der Waals surface area contributed by atoms with Crippen molar-refractivity contribution in [2.75, 3.05) is 30.0 Å². The Bertz CT molecular complexity index is 1500. The molecule has 204 valence electrons. The number of hydrogen-bond donors (Lipinski definition) is 4. The van der Waals surface area contributed by atoms with Gasteiger partial charge in [-0.1, -0.05) is 37.3 Å². The average Bonchev–Trinajstić information content (AvgIpc) is 2.93. The summed E-state index contributed by atoms with van der Waals surface area (Å²) in [5.41, 5.74) is 8.65. The third-order valence-electron chi connectivity index (χ3n) is 6.60. The Morgan fingerprint density at radius 1 is 1.08 bits per heavy atom. The van der Waals surface area contributed by atoms with E-state index in [-0.39, 0.29) is 23.2 Å². The van der Waals surface area contributed by atoms with Gasteiger partial charge in [0.05, 0.1) is 10.6 Å². The Kier molecular flexibility index (Phi) is 8.20. The first-order valence-electron chi connectivity index (χ1n) is 12.5. The quantitative estimate of drug-likeness (QED) is 0.384. The molecular formula is C28H31N5O5S. The Hall–Kier alpha value is -4.38. The lowest BCUT2D eigenvalue weighted by Crippen LogP contribution is -2.34. The summed E-state index contributed by atoms with van der Waals surface area (Å²) in [6, 6.07) is 17.3. The fourth-order valence-corrected chi connectivity index (χ4v) is 5.38. The van der Waals surface area contributed by atoms with Gasteiger partial charge in [0, 0.05) is 37.1 Å². The van der Waals surface area contributed by atoms with Crippen LogP contribution >= 0.6 is 0 Å². The van der Waals surface area contributed by atoms with Crippen LogP contribution in [0.5, 0.6) is 0 Å². The largest absolute Gasteiger partial charge is 0.370 e. The highest BCUT2D eigenvalue weighted by atomic mass is 32.2. The smallest absolute Gasteiger partial charge is 0.321 e. The lowest BCUT2D eigenvalue weighted by molar-refractivity contribution is -0.122. The van der Waals surface area contributed by atoms with Gasteiger partial charge in [0.2, 0.25) is 11.8 Å². The lowest BCUT2D eigenvalue weighted by atomic mass is 10.0. The van der Waals surface area contributed by atoms with E-state index >= 15 is 0 Å². The maximum Gasteiger partial charge on any atom is 0.321 e. The van der Waals surface area contributed by atoms with Crippen molar-refractivity contribution in [2.45, 2.75) is 30.8 Å². The third kappa shape index (κ3) is 6.55. The number of hydrogen-bond acceptors (Lipinski definition) is 6. The topological polar surface area (TPSA) is 151 Å². The summed E-state index contributed by atoms with van der Waals surface area (Å²) in [4.78, 5) is 39.6. The summed E-state index contributed by atoms with van der Waals surface area (Å²) in [6.45, 7) is 1.90. The molecule has 1 atom stereocenters.